The highest BCUT2D eigenvalue weighted by Crippen LogP contribution is 2.36. The Morgan fingerprint density at radius 3 is 2.28 bits per heavy atom. The quantitative estimate of drug-likeness (QED) is 0.461. The summed E-state index contributed by atoms with van der Waals surface area (Å²) in [6, 6.07) is 14.5. The van der Waals surface area contributed by atoms with E-state index in [4.69, 9.17) is 28.3 Å². The highest BCUT2D eigenvalue weighted by Gasteiger charge is 2.40. The van der Waals surface area contributed by atoms with Crippen LogP contribution in [0.15, 0.2) is 53.6 Å². The Bertz CT molecular complexity index is 865. The Hall–Kier alpha value is -2.04. The van der Waals surface area contributed by atoms with Crippen LogP contribution in [-0.2, 0) is 0 Å². The number of nitrogens with zero attached hydrogens (tertiary/aromatic N) is 2. The summed E-state index contributed by atoms with van der Waals surface area (Å²) in [7, 11) is 0. The van der Waals surface area contributed by atoms with Crippen molar-refractivity contribution in [1.82, 2.24) is 5.01 Å². The molecular formula is C23H27Cl2N3O. The van der Waals surface area contributed by atoms with Crippen LogP contribution in [-0.4, -0.2) is 23.3 Å². The molecule has 0 saturated heterocycles. The monoisotopic (exact) mass is 431 g/mol. The first-order valence-electron chi connectivity index (χ1n) is 10.1. The lowest BCUT2D eigenvalue weighted by atomic mass is 9.78. The number of rotatable bonds is 7. The van der Waals surface area contributed by atoms with Crippen molar-refractivity contribution in [2.75, 3.05) is 11.9 Å². The Balaban J connectivity index is 1.80. The van der Waals surface area contributed by atoms with Crippen molar-refractivity contribution >= 4 is 40.6 Å². The number of unbranched alkanes of at least 4 members (excludes halogenated alkanes) is 3. The number of carbonyl (C=O) groups is 1. The summed E-state index contributed by atoms with van der Waals surface area (Å²) >= 11 is 12.0. The van der Waals surface area contributed by atoms with Crippen LogP contribution < -0.4 is 5.32 Å². The molecule has 1 aliphatic heterocycles. The van der Waals surface area contributed by atoms with E-state index >= 15 is 0 Å². The molecule has 1 heterocycles. The highest BCUT2D eigenvalue weighted by atomic mass is 35.5. The van der Waals surface area contributed by atoms with Crippen molar-refractivity contribution in [3.8, 4) is 0 Å². The molecule has 0 radical (unpaired) electrons. The molecule has 1 atom stereocenters. The lowest BCUT2D eigenvalue weighted by Gasteiger charge is -2.26. The zero-order valence-electron chi connectivity index (χ0n) is 16.9. The summed E-state index contributed by atoms with van der Waals surface area (Å²) in [5.41, 5.74) is 2.45. The fourth-order valence-electron chi connectivity index (χ4n) is 3.67. The Morgan fingerprint density at radius 2 is 1.66 bits per heavy atom. The molecule has 1 aliphatic rings. The van der Waals surface area contributed by atoms with Crippen LogP contribution >= 0.6 is 23.2 Å². The van der Waals surface area contributed by atoms with E-state index in [2.05, 4.69) is 19.2 Å². The van der Waals surface area contributed by atoms with Crippen LogP contribution in [0.1, 0.15) is 51.5 Å². The van der Waals surface area contributed by atoms with Crippen molar-refractivity contribution in [3.63, 3.8) is 0 Å². The third kappa shape index (κ3) is 5.52. The van der Waals surface area contributed by atoms with Gasteiger partial charge < -0.3 is 5.32 Å². The molecule has 0 bridgehead atoms. The number of anilines is 1. The van der Waals surface area contributed by atoms with E-state index in [1.54, 1.807) is 29.3 Å². The van der Waals surface area contributed by atoms with Crippen molar-refractivity contribution in [3.05, 3.63) is 64.1 Å². The molecule has 0 fully saturated rings. The summed E-state index contributed by atoms with van der Waals surface area (Å²) in [6.07, 6.45) is 5.72. The molecule has 3 rings (SSSR count). The minimum atomic E-state index is -0.240. The van der Waals surface area contributed by atoms with Crippen molar-refractivity contribution in [2.24, 2.45) is 10.5 Å². The molecule has 0 aromatic heterocycles. The first kappa shape index (κ1) is 21.7. The SMILES string of the molecule is CCCCCCC1(C)CN(C(=O)Nc2ccc(Cl)cc2)N=C1c1ccc(Cl)cc1. The first-order valence-corrected chi connectivity index (χ1v) is 10.9. The largest absolute Gasteiger partial charge is 0.342 e. The third-order valence-electron chi connectivity index (χ3n) is 5.32. The molecule has 0 spiro atoms. The molecule has 6 heteroatoms. The molecule has 29 heavy (non-hydrogen) atoms. The van der Waals surface area contributed by atoms with Crippen molar-refractivity contribution in [1.29, 1.82) is 0 Å². The number of urea groups is 1. The molecule has 2 amide bonds. The molecule has 2 aromatic carbocycles. The molecule has 2 aromatic rings. The van der Waals surface area contributed by atoms with Crippen LogP contribution in [0.25, 0.3) is 0 Å². The second kappa shape index (κ2) is 9.64. The van der Waals surface area contributed by atoms with Gasteiger partial charge in [0, 0.05) is 21.1 Å². The number of halogens is 2. The van der Waals surface area contributed by atoms with Crippen LogP contribution in [0.5, 0.6) is 0 Å². The van der Waals surface area contributed by atoms with Gasteiger partial charge in [0.15, 0.2) is 0 Å². The van der Waals surface area contributed by atoms with Gasteiger partial charge >= 0.3 is 6.03 Å². The van der Waals surface area contributed by atoms with Crippen LogP contribution in [0.2, 0.25) is 10.0 Å². The van der Waals surface area contributed by atoms with Crippen LogP contribution in [0.3, 0.4) is 0 Å². The summed E-state index contributed by atoms with van der Waals surface area (Å²) in [5.74, 6) is 0. The summed E-state index contributed by atoms with van der Waals surface area (Å²) < 4.78 is 0. The second-order valence-electron chi connectivity index (χ2n) is 7.82. The minimum absolute atomic E-state index is 0.196. The van der Waals surface area contributed by atoms with Crippen LogP contribution in [0, 0.1) is 5.41 Å². The fraction of sp³-hybridized carbons (Fsp3) is 0.391. The van der Waals surface area contributed by atoms with Crippen molar-refractivity contribution in [2.45, 2.75) is 46.0 Å². The Morgan fingerprint density at radius 1 is 1.03 bits per heavy atom. The average Bonchev–Trinajstić information content (AvgIpc) is 3.06. The molecule has 1 unspecified atom stereocenters. The predicted octanol–water partition coefficient (Wildman–Crippen LogP) is 7.22. The number of hydrogen-bond donors (Lipinski definition) is 1. The second-order valence-corrected chi connectivity index (χ2v) is 8.69. The third-order valence-corrected chi connectivity index (χ3v) is 5.82. The van der Waals surface area contributed by atoms with Gasteiger partial charge in [0.25, 0.3) is 0 Å². The van der Waals surface area contributed by atoms with Gasteiger partial charge in [-0.2, -0.15) is 5.10 Å². The molecule has 1 N–H and O–H groups in total. The van der Waals surface area contributed by atoms with Crippen molar-refractivity contribution < 1.29 is 4.79 Å². The smallest absolute Gasteiger partial charge is 0.306 e. The maximum Gasteiger partial charge on any atom is 0.342 e. The number of amides is 2. The van der Waals surface area contributed by atoms with Gasteiger partial charge in [-0.15, -0.1) is 0 Å². The number of benzene rings is 2. The summed E-state index contributed by atoms with van der Waals surface area (Å²) in [6.45, 7) is 4.96. The van der Waals surface area contributed by atoms with Gasteiger partial charge in [-0.25, -0.2) is 9.80 Å². The van der Waals surface area contributed by atoms with Gasteiger partial charge in [0.05, 0.1) is 12.3 Å². The number of carbonyl (C=O) groups excluding carboxylic acids is 1. The standard InChI is InChI=1S/C23H27Cl2N3O/c1-3-4-5-6-15-23(2)16-28(22(29)26-20-13-11-19(25)12-14-20)27-21(23)17-7-9-18(24)10-8-17/h7-14H,3-6,15-16H2,1-2H3,(H,26,29). The van der Waals surface area contributed by atoms with E-state index in [0.717, 1.165) is 24.1 Å². The maximum absolute atomic E-state index is 12.8. The lowest BCUT2D eigenvalue weighted by molar-refractivity contribution is 0.206. The Kier molecular flexibility index (Phi) is 7.20. The van der Waals surface area contributed by atoms with E-state index in [1.807, 2.05) is 24.3 Å². The first-order chi connectivity index (χ1) is 13.9. The normalized spacial score (nSPS) is 18.6. The maximum atomic E-state index is 12.8. The summed E-state index contributed by atoms with van der Waals surface area (Å²) in [5, 5.41) is 10.5. The lowest BCUT2D eigenvalue weighted by Crippen LogP contribution is -2.35. The van der Waals surface area contributed by atoms with Gasteiger partial charge in [0.1, 0.15) is 0 Å². The van der Waals surface area contributed by atoms with E-state index in [0.29, 0.717) is 22.3 Å². The zero-order valence-corrected chi connectivity index (χ0v) is 18.4. The highest BCUT2D eigenvalue weighted by molar-refractivity contribution is 6.31. The van der Waals surface area contributed by atoms with Gasteiger partial charge in [-0.3, -0.25) is 0 Å². The van der Waals surface area contributed by atoms with Gasteiger partial charge in [0.2, 0.25) is 0 Å². The average molecular weight is 432 g/mol. The van der Waals surface area contributed by atoms with E-state index < -0.39 is 0 Å². The van der Waals surface area contributed by atoms with E-state index in [-0.39, 0.29) is 11.4 Å². The number of nitrogens with one attached hydrogen (secondary N) is 1. The molecular weight excluding hydrogens is 405 g/mol. The summed E-state index contributed by atoms with van der Waals surface area (Å²) in [4.78, 5) is 12.8. The van der Waals surface area contributed by atoms with Gasteiger partial charge in [-0.1, -0.05) is 74.9 Å². The molecule has 154 valence electrons. The van der Waals surface area contributed by atoms with E-state index in [1.165, 1.54) is 19.3 Å². The van der Waals surface area contributed by atoms with Crippen LogP contribution in [0.4, 0.5) is 10.5 Å². The zero-order chi connectivity index (χ0) is 20.9. The predicted molar refractivity (Wildman–Crippen MR) is 122 cm³/mol. The molecule has 0 aliphatic carbocycles. The molecule has 0 saturated carbocycles. The minimum Gasteiger partial charge on any atom is -0.306 e. The number of hydrogen-bond acceptors (Lipinski definition) is 2. The van der Waals surface area contributed by atoms with E-state index in [9.17, 15) is 4.79 Å². The fourth-order valence-corrected chi connectivity index (χ4v) is 3.93. The number of hydrazone groups is 1. The van der Waals surface area contributed by atoms with Gasteiger partial charge in [-0.05, 0) is 48.4 Å². The topological polar surface area (TPSA) is 44.7 Å². The Labute approximate surface area is 182 Å². The molecule has 4 nitrogen and oxygen atoms in total.